The molecule has 20 heavy (non-hydrogen) atoms. The quantitative estimate of drug-likeness (QED) is 0.812. The van der Waals surface area contributed by atoms with E-state index in [9.17, 15) is 9.50 Å². The van der Waals surface area contributed by atoms with Gasteiger partial charge in [-0.25, -0.2) is 4.39 Å². The van der Waals surface area contributed by atoms with Crippen molar-refractivity contribution in [3.05, 3.63) is 35.6 Å². The van der Waals surface area contributed by atoms with Gasteiger partial charge in [-0.2, -0.15) is 0 Å². The van der Waals surface area contributed by atoms with E-state index in [1.807, 2.05) is 0 Å². The van der Waals surface area contributed by atoms with Crippen LogP contribution in [-0.2, 0) is 0 Å². The molecule has 0 bridgehead atoms. The van der Waals surface area contributed by atoms with Gasteiger partial charge in [0.25, 0.3) is 0 Å². The van der Waals surface area contributed by atoms with Gasteiger partial charge in [-0.3, -0.25) is 4.90 Å². The molecule has 112 valence electrons. The molecule has 0 spiro atoms. The van der Waals surface area contributed by atoms with Crippen LogP contribution in [0.2, 0.25) is 0 Å². The summed E-state index contributed by atoms with van der Waals surface area (Å²) in [5.74, 6) is -0.277. The molecule has 1 aliphatic heterocycles. The normalized spacial score (nSPS) is 19.1. The van der Waals surface area contributed by atoms with Crippen molar-refractivity contribution in [1.29, 1.82) is 0 Å². The highest BCUT2D eigenvalue weighted by Gasteiger charge is 2.17. The molecule has 1 heterocycles. The van der Waals surface area contributed by atoms with Gasteiger partial charge < -0.3 is 15.1 Å². The summed E-state index contributed by atoms with van der Waals surface area (Å²) in [6.07, 6.45) is 0.122. The molecule has 1 saturated heterocycles. The maximum absolute atomic E-state index is 12.8. The Labute approximate surface area is 119 Å². The van der Waals surface area contributed by atoms with Crippen LogP contribution in [0.5, 0.6) is 0 Å². The van der Waals surface area contributed by atoms with E-state index in [-0.39, 0.29) is 12.4 Å². The Morgan fingerprint density at radius 3 is 2.10 bits per heavy atom. The van der Waals surface area contributed by atoms with Gasteiger partial charge >= 0.3 is 0 Å². The zero-order valence-corrected chi connectivity index (χ0v) is 11.7. The van der Waals surface area contributed by atoms with E-state index in [2.05, 4.69) is 9.80 Å². The lowest BCUT2D eigenvalue weighted by molar-refractivity contribution is 0.0923. The van der Waals surface area contributed by atoms with Crippen molar-refractivity contribution in [2.45, 2.75) is 12.5 Å². The number of nitrogens with zero attached hydrogens (tertiary/aromatic N) is 2. The Bertz CT molecular complexity index is 391. The van der Waals surface area contributed by atoms with Crippen molar-refractivity contribution in [3.8, 4) is 0 Å². The van der Waals surface area contributed by atoms with Crippen molar-refractivity contribution < 1.29 is 14.6 Å². The number of hydrogen-bond donors (Lipinski definition) is 2. The number of benzene rings is 1. The summed E-state index contributed by atoms with van der Waals surface area (Å²) in [5, 5.41) is 19.0. The Kier molecular flexibility index (Phi) is 5.91. The van der Waals surface area contributed by atoms with Gasteiger partial charge in [0.05, 0.1) is 12.7 Å². The van der Waals surface area contributed by atoms with Crippen molar-refractivity contribution in [1.82, 2.24) is 9.80 Å². The van der Waals surface area contributed by atoms with Crippen LogP contribution in [-0.4, -0.2) is 65.9 Å². The first-order chi connectivity index (χ1) is 9.69. The van der Waals surface area contributed by atoms with Crippen LogP contribution in [0, 0.1) is 5.82 Å². The average Bonchev–Trinajstić information content (AvgIpc) is 2.47. The van der Waals surface area contributed by atoms with Crippen LogP contribution in [0.3, 0.4) is 0 Å². The van der Waals surface area contributed by atoms with Crippen LogP contribution in [0.1, 0.15) is 18.1 Å². The number of β-amino-alcohol motifs (C(OH)–C–C–N with tert-alkyl or cyclic N) is 1. The highest BCUT2D eigenvalue weighted by Crippen LogP contribution is 2.17. The molecule has 0 radical (unpaired) electrons. The lowest BCUT2D eigenvalue weighted by atomic mass is 10.1. The number of piperazine rings is 1. The van der Waals surface area contributed by atoms with E-state index < -0.39 is 6.10 Å². The van der Waals surface area contributed by atoms with E-state index >= 15 is 0 Å². The zero-order valence-electron chi connectivity index (χ0n) is 11.7. The molecule has 2 rings (SSSR count). The predicted octanol–water partition coefficient (Wildman–Crippen LogP) is 0.859. The number of aliphatic hydroxyl groups is 2. The van der Waals surface area contributed by atoms with E-state index in [1.54, 1.807) is 12.1 Å². The van der Waals surface area contributed by atoms with Gasteiger partial charge in [0.1, 0.15) is 5.82 Å². The van der Waals surface area contributed by atoms with Crippen molar-refractivity contribution in [2.75, 3.05) is 45.9 Å². The number of hydrogen-bond acceptors (Lipinski definition) is 4. The van der Waals surface area contributed by atoms with Crippen LogP contribution >= 0.6 is 0 Å². The van der Waals surface area contributed by atoms with Crippen molar-refractivity contribution in [3.63, 3.8) is 0 Å². The molecule has 0 aromatic heterocycles. The van der Waals surface area contributed by atoms with Gasteiger partial charge in [0.2, 0.25) is 0 Å². The molecule has 5 heteroatoms. The minimum absolute atomic E-state index is 0.212. The van der Waals surface area contributed by atoms with E-state index in [1.165, 1.54) is 12.1 Å². The summed E-state index contributed by atoms with van der Waals surface area (Å²) in [6.45, 7) is 5.66. The third kappa shape index (κ3) is 4.52. The molecule has 1 aromatic carbocycles. The molecule has 0 amide bonds. The maximum Gasteiger partial charge on any atom is 0.123 e. The van der Waals surface area contributed by atoms with E-state index in [0.717, 1.165) is 44.8 Å². The molecule has 1 aliphatic rings. The highest BCUT2D eigenvalue weighted by molar-refractivity contribution is 5.18. The molecular formula is C15H23FN2O2. The summed E-state index contributed by atoms with van der Waals surface area (Å²) in [5.41, 5.74) is 0.769. The molecule has 0 saturated carbocycles. The summed E-state index contributed by atoms with van der Waals surface area (Å²) in [4.78, 5) is 4.56. The molecule has 1 fully saturated rings. The van der Waals surface area contributed by atoms with Crippen LogP contribution in [0.25, 0.3) is 0 Å². The summed E-state index contributed by atoms with van der Waals surface area (Å²) < 4.78 is 12.8. The van der Waals surface area contributed by atoms with Crippen LogP contribution in [0.15, 0.2) is 24.3 Å². The first-order valence-corrected chi connectivity index (χ1v) is 7.18. The molecule has 0 aliphatic carbocycles. The topological polar surface area (TPSA) is 46.9 Å². The van der Waals surface area contributed by atoms with E-state index in [0.29, 0.717) is 6.42 Å². The number of aliphatic hydroxyl groups excluding tert-OH is 2. The summed E-state index contributed by atoms with van der Waals surface area (Å²) in [7, 11) is 0. The lowest BCUT2D eigenvalue weighted by Gasteiger charge is -2.34. The third-order valence-electron chi connectivity index (χ3n) is 3.85. The second kappa shape index (κ2) is 7.69. The first-order valence-electron chi connectivity index (χ1n) is 7.18. The molecule has 1 aromatic rings. The standard InChI is InChI=1S/C15H23FN2O2/c16-14-3-1-13(2-4-14)15(20)5-6-17-7-9-18(10-8-17)11-12-19/h1-4,15,19-20H,5-12H2. The van der Waals surface area contributed by atoms with Crippen molar-refractivity contribution in [2.24, 2.45) is 0 Å². The summed E-state index contributed by atoms with van der Waals surface area (Å²) in [6, 6.07) is 6.04. The van der Waals surface area contributed by atoms with Crippen molar-refractivity contribution >= 4 is 0 Å². The number of rotatable bonds is 6. The van der Waals surface area contributed by atoms with Gasteiger partial charge in [-0.05, 0) is 24.1 Å². The second-order valence-electron chi connectivity index (χ2n) is 5.26. The summed E-state index contributed by atoms with van der Waals surface area (Å²) >= 11 is 0. The van der Waals surface area contributed by atoms with Gasteiger partial charge in [0.15, 0.2) is 0 Å². The fourth-order valence-electron chi connectivity index (χ4n) is 2.53. The largest absolute Gasteiger partial charge is 0.395 e. The predicted molar refractivity (Wildman–Crippen MR) is 75.9 cm³/mol. The fraction of sp³-hybridized carbons (Fsp3) is 0.600. The maximum atomic E-state index is 12.8. The monoisotopic (exact) mass is 282 g/mol. The van der Waals surface area contributed by atoms with Crippen LogP contribution in [0.4, 0.5) is 4.39 Å². The van der Waals surface area contributed by atoms with Crippen LogP contribution < -0.4 is 0 Å². The molecule has 1 atom stereocenters. The minimum atomic E-state index is -0.536. The SMILES string of the molecule is OCCN1CCN(CCC(O)c2ccc(F)cc2)CC1. The Balaban J connectivity index is 1.71. The molecule has 2 N–H and O–H groups in total. The average molecular weight is 282 g/mol. The lowest BCUT2D eigenvalue weighted by Crippen LogP contribution is -2.47. The first kappa shape index (κ1) is 15.4. The van der Waals surface area contributed by atoms with E-state index in [4.69, 9.17) is 5.11 Å². The molecular weight excluding hydrogens is 259 g/mol. The third-order valence-corrected chi connectivity index (χ3v) is 3.85. The van der Waals surface area contributed by atoms with Gasteiger partial charge in [-0.15, -0.1) is 0 Å². The smallest absolute Gasteiger partial charge is 0.123 e. The van der Waals surface area contributed by atoms with Gasteiger partial charge in [0, 0.05) is 39.3 Å². The Morgan fingerprint density at radius 2 is 1.55 bits per heavy atom. The molecule has 1 unspecified atom stereocenters. The van der Waals surface area contributed by atoms with Gasteiger partial charge in [-0.1, -0.05) is 12.1 Å². The number of halogens is 1. The minimum Gasteiger partial charge on any atom is -0.395 e. The Hall–Kier alpha value is -1.01. The molecule has 4 nitrogen and oxygen atoms in total. The highest BCUT2D eigenvalue weighted by atomic mass is 19.1. The Morgan fingerprint density at radius 1 is 1.00 bits per heavy atom. The zero-order chi connectivity index (χ0) is 14.4. The second-order valence-corrected chi connectivity index (χ2v) is 5.26. The fourth-order valence-corrected chi connectivity index (χ4v) is 2.53.